The molecule has 1 heterocycles. The van der Waals surface area contributed by atoms with Gasteiger partial charge in [-0.1, -0.05) is 18.2 Å². The molecule has 1 aliphatic carbocycles. The highest BCUT2D eigenvalue weighted by Gasteiger charge is 2.23. The lowest BCUT2D eigenvalue weighted by Gasteiger charge is -2.09. The molecule has 0 fully saturated rings. The monoisotopic (exact) mass is 226 g/mol. The Labute approximate surface area is 100 Å². The van der Waals surface area contributed by atoms with Gasteiger partial charge in [-0.25, -0.2) is 4.98 Å². The van der Waals surface area contributed by atoms with E-state index in [9.17, 15) is 4.79 Å². The fourth-order valence-electron chi connectivity index (χ4n) is 2.51. The van der Waals surface area contributed by atoms with Crippen molar-refractivity contribution in [1.82, 2.24) is 9.55 Å². The molecule has 1 aromatic heterocycles. The van der Waals surface area contributed by atoms with Gasteiger partial charge in [0.2, 0.25) is 0 Å². The van der Waals surface area contributed by atoms with Crippen LogP contribution in [0.3, 0.4) is 0 Å². The van der Waals surface area contributed by atoms with Crippen LogP contribution in [-0.4, -0.2) is 15.3 Å². The average molecular weight is 226 g/mol. The van der Waals surface area contributed by atoms with E-state index in [-0.39, 0.29) is 5.78 Å². The molecule has 2 aromatic rings. The van der Waals surface area contributed by atoms with E-state index in [1.165, 1.54) is 5.56 Å². The van der Waals surface area contributed by atoms with Gasteiger partial charge in [-0.05, 0) is 18.9 Å². The summed E-state index contributed by atoms with van der Waals surface area (Å²) in [4.78, 5) is 16.1. The van der Waals surface area contributed by atoms with Gasteiger partial charge in [0.1, 0.15) is 5.82 Å². The van der Waals surface area contributed by atoms with Crippen LogP contribution in [0.15, 0.2) is 30.6 Å². The zero-order valence-corrected chi connectivity index (χ0v) is 9.81. The van der Waals surface area contributed by atoms with Gasteiger partial charge in [-0.2, -0.15) is 0 Å². The van der Waals surface area contributed by atoms with E-state index >= 15 is 0 Å². The lowest BCUT2D eigenvalue weighted by molar-refractivity contribution is 0.0994. The highest BCUT2D eigenvalue weighted by atomic mass is 16.1. The topological polar surface area (TPSA) is 34.9 Å². The zero-order chi connectivity index (χ0) is 11.8. The minimum Gasteiger partial charge on any atom is -0.331 e. The SMILES string of the molecule is CCn1ccnc1-c1cccc2c1CCC2=O. The Morgan fingerprint density at radius 3 is 2.94 bits per heavy atom. The number of benzene rings is 1. The van der Waals surface area contributed by atoms with E-state index in [2.05, 4.69) is 22.5 Å². The van der Waals surface area contributed by atoms with Gasteiger partial charge in [0.25, 0.3) is 0 Å². The van der Waals surface area contributed by atoms with Gasteiger partial charge >= 0.3 is 0 Å². The number of fused-ring (bicyclic) bond motifs is 1. The van der Waals surface area contributed by atoms with Crippen molar-refractivity contribution in [2.75, 3.05) is 0 Å². The van der Waals surface area contributed by atoms with Crippen molar-refractivity contribution in [3.05, 3.63) is 41.7 Å². The van der Waals surface area contributed by atoms with Crippen LogP contribution >= 0.6 is 0 Å². The Bertz CT molecular complexity index is 584. The van der Waals surface area contributed by atoms with Crippen LogP contribution in [0.1, 0.15) is 29.3 Å². The van der Waals surface area contributed by atoms with Crippen LogP contribution < -0.4 is 0 Å². The van der Waals surface area contributed by atoms with E-state index < -0.39 is 0 Å². The summed E-state index contributed by atoms with van der Waals surface area (Å²) in [6.07, 6.45) is 5.28. The Kier molecular flexibility index (Phi) is 2.32. The smallest absolute Gasteiger partial charge is 0.163 e. The van der Waals surface area contributed by atoms with Crippen molar-refractivity contribution in [3.63, 3.8) is 0 Å². The third-order valence-electron chi connectivity index (χ3n) is 3.38. The maximum Gasteiger partial charge on any atom is 0.163 e. The normalized spacial score (nSPS) is 14.1. The summed E-state index contributed by atoms with van der Waals surface area (Å²) in [6, 6.07) is 5.94. The van der Waals surface area contributed by atoms with E-state index in [0.29, 0.717) is 6.42 Å². The first-order chi connectivity index (χ1) is 8.31. The van der Waals surface area contributed by atoms with Gasteiger partial charge in [0.05, 0.1) is 0 Å². The van der Waals surface area contributed by atoms with Crippen LogP contribution in [0.5, 0.6) is 0 Å². The van der Waals surface area contributed by atoms with Crippen LogP contribution in [0.25, 0.3) is 11.4 Å². The first-order valence-corrected chi connectivity index (χ1v) is 5.98. The molecule has 1 aliphatic rings. The number of nitrogens with zero attached hydrogens (tertiary/aromatic N) is 2. The van der Waals surface area contributed by atoms with Crippen LogP contribution in [0, 0.1) is 0 Å². The van der Waals surface area contributed by atoms with Crippen molar-refractivity contribution in [1.29, 1.82) is 0 Å². The maximum atomic E-state index is 11.7. The van der Waals surface area contributed by atoms with Crippen LogP contribution in [0.2, 0.25) is 0 Å². The third kappa shape index (κ3) is 1.50. The zero-order valence-electron chi connectivity index (χ0n) is 9.81. The molecule has 0 radical (unpaired) electrons. The van der Waals surface area contributed by atoms with Crippen molar-refractivity contribution >= 4 is 5.78 Å². The third-order valence-corrected chi connectivity index (χ3v) is 3.38. The molecule has 0 amide bonds. The maximum absolute atomic E-state index is 11.7. The van der Waals surface area contributed by atoms with Crippen molar-refractivity contribution < 1.29 is 4.79 Å². The first kappa shape index (κ1) is 10.3. The van der Waals surface area contributed by atoms with Gasteiger partial charge in [0, 0.05) is 36.5 Å². The number of hydrogen-bond acceptors (Lipinski definition) is 2. The second kappa shape index (κ2) is 3.84. The van der Waals surface area contributed by atoms with E-state index in [1.54, 1.807) is 0 Å². The number of aromatic nitrogens is 2. The summed E-state index contributed by atoms with van der Waals surface area (Å²) < 4.78 is 2.11. The molecule has 0 N–H and O–H groups in total. The molecular weight excluding hydrogens is 212 g/mol. The molecule has 3 heteroatoms. The van der Waals surface area contributed by atoms with E-state index in [4.69, 9.17) is 0 Å². The number of Topliss-reactive ketones (excluding diaryl/α,β-unsaturated/α-hetero) is 1. The molecule has 0 unspecified atom stereocenters. The molecule has 0 saturated carbocycles. The standard InChI is InChI=1S/C14H14N2O/c1-2-16-9-8-15-14(16)12-5-3-4-11-10(12)6-7-13(11)17/h3-5,8-9H,2,6-7H2,1H3. The Balaban J connectivity index is 2.20. The van der Waals surface area contributed by atoms with E-state index in [0.717, 1.165) is 29.9 Å². The van der Waals surface area contributed by atoms with Gasteiger partial charge in [-0.3, -0.25) is 4.79 Å². The second-order valence-electron chi connectivity index (χ2n) is 4.29. The number of rotatable bonds is 2. The number of carbonyl (C=O) groups excluding carboxylic acids is 1. The quantitative estimate of drug-likeness (QED) is 0.789. The molecule has 17 heavy (non-hydrogen) atoms. The molecule has 0 aliphatic heterocycles. The minimum absolute atomic E-state index is 0.261. The lowest BCUT2D eigenvalue weighted by atomic mass is 10.0. The summed E-state index contributed by atoms with van der Waals surface area (Å²) in [5, 5.41) is 0. The van der Waals surface area contributed by atoms with Crippen LogP contribution in [0.4, 0.5) is 0 Å². The molecule has 0 saturated heterocycles. The molecular formula is C14H14N2O. The summed E-state index contributed by atoms with van der Waals surface area (Å²) in [5.74, 6) is 1.23. The largest absolute Gasteiger partial charge is 0.331 e. The molecule has 1 aromatic carbocycles. The lowest BCUT2D eigenvalue weighted by Crippen LogP contribution is -1.99. The fourth-order valence-corrected chi connectivity index (χ4v) is 2.51. The van der Waals surface area contributed by atoms with Crippen LogP contribution in [-0.2, 0) is 13.0 Å². The highest BCUT2D eigenvalue weighted by molar-refractivity contribution is 6.02. The fraction of sp³-hybridized carbons (Fsp3) is 0.286. The molecule has 0 spiro atoms. The van der Waals surface area contributed by atoms with Crippen molar-refractivity contribution in [3.8, 4) is 11.4 Å². The summed E-state index contributed by atoms with van der Waals surface area (Å²) >= 11 is 0. The molecule has 86 valence electrons. The summed E-state index contributed by atoms with van der Waals surface area (Å²) in [5.41, 5.74) is 3.16. The number of aryl methyl sites for hydroxylation is 1. The summed E-state index contributed by atoms with van der Waals surface area (Å²) in [7, 11) is 0. The number of imidazole rings is 1. The Morgan fingerprint density at radius 2 is 2.12 bits per heavy atom. The van der Waals surface area contributed by atoms with Gasteiger partial charge < -0.3 is 4.57 Å². The predicted molar refractivity (Wildman–Crippen MR) is 66.0 cm³/mol. The van der Waals surface area contributed by atoms with Gasteiger partial charge in [0.15, 0.2) is 5.78 Å². The molecule has 0 bridgehead atoms. The average Bonchev–Trinajstić information content (AvgIpc) is 2.96. The summed E-state index contributed by atoms with van der Waals surface area (Å²) in [6.45, 7) is 2.99. The molecule has 3 rings (SSSR count). The molecule has 3 nitrogen and oxygen atoms in total. The molecule has 0 atom stereocenters. The predicted octanol–water partition coefficient (Wildman–Crippen LogP) is 2.70. The first-order valence-electron chi connectivity index (χ1n) is 5.98. The van der Waals surface area contributed by atoms with Crippen molar-refractivity contribution in [2.24, 2.45) is 0 Å². The highest BCUT2D eigenvalue weighted by Crippen LogP contribution is 2.31. The second-order valence-corrected chi connectivity index (χ2v) is 4.29. The number of ketones is 1. The van der Waals surface area contributed by atoms with Gasteiger partial charge in [-0.15, -0.1) is 0 Å². The van der Waals surface area contributed by atoms with Crippen molar-refractivity contribution in [2.45, 2.75) is 26.3 Å². The minimum atomic E-state index is 0.261. The Hall–Kier alpha value is -1.90. The number of hydrogen-bond donors (Lipinski definition) is 0. The number of carbonyl (C=O) groups is 1. The Morgan fingerprint density at radius 1 is 1.29 bits per heavy atom. The van der Waals surface area contributed by atoms with E-state index in [1.807, 2.05) is 24.5 Å².